The van der Waals surface area contributed by atoms with Gasteiger partial charge in [-0.05, 0) is 0 Å². The first-order chi connectivity index (χ1) is 1.89. The van der Waals surface area contributed by atoms with Gasteiger partial charge in [-0.1, -0.05) is 5.17 Å². The highest BCUT2D eigenvalue weighted by Crippen LogP contribution is 1.92. The third-order valence-corrected chi connectivity index (χ3v) is 0.278. The summed E-state index contributed by atoms with van der Waals surface area (Å²) in [7, 11) is 0. The molecule has 0 saturated carbocycles. The lowest BCUT2D eigenvalue weighted by atomic mass is 11.5. The highest BCUT2D eigenvalue weighted by molar-refractivity contribution is 4.21. The van der Waals surface area contributed by atoms with E-state index in [1.807, 2.05) is 0 Å². The van der Waals surface area contributed by atoms with E-state index in [0.29, 0.717) is 6.73 Å². The summed E-state index contributed by atoms with van der Waals surface area (Å²) >= 11 is 0. The molecule has 1 atom stereocenters. The number of hydroxylamine groups is 1. The summed E-state index contributed by atoms with van der Waals surface area (Å²) in [4.78, 5) is 4.32. The normalized spacial score (nSPS) is 39.8. The Morgan fingerprint density at radius 1 is 2.00 bits per heavy atom. The van der Waals surface area contributed by atoms with Crippen LogP contribution in [0.5, 0.6) is 0 Å². The van der Waals surface area contributed by atoms with Gasteiger partial charge in [0.2, 0.25) is 0 Å². The number of nitrogens with two attached hydrogens (primary N) is 1. The third-order valence-electron chi connectivity index (χ3n) is 0.278. The number of hydrazine groups is 1. The fourth-order valence-corrected chi connectivity index (χ4v) is 0.0333. The smallest absolute Gasteiger partial charge is 0.161 e. The largest absolute Gasteiger partial charge is 0.262 e. The standard InChI is InChI=1S/CH4N2O/c2-3-1-4-3/h1-2H2. The fraction of sp³-hybridized carbons (Fsp3) is 1.00. The molecule has 1 saturated heterocycles. The van der Waals surface area contributed by atoms with Gasteiger partial charge in [0.15, 0.2) is 6.73 Å². The Morgan fingerprint density at radius 2 is 2.25 bits per heavy atom. The van der Waals surface area contributed by atoms with Crippen LogP contribution in [-0.4, -0.2) is 11.9 Å². The Balaban J connectivity index is 2.17. The minimum Gasteiger partial charge on any atom is -0.262 e. The fourth-order valence-electron chi connectivity index (χ4n) is 0.0333. The Kier molecular flexibility index (Phi) is 0.228. The van der Waals surface area contributed by atoms with Gasteiger partial charge in [0, 0.05) is 0 Å². The van der Waals surface area contributed by atoms with Crippen molar-refractivity contribution >= 4 is 0 Å². The highest BCUT2D eigenvalue weighted by atomic mass is 16.8. The molecule has 1 fully saturated rings. The predicted octanol–water partition coefficient (Wildman–Crippen LogP) is -0.935. The van der Waals surface area contributed by atoms with Crippen LogP contribution in [0.1, 0.15) is 0 Å². The van der Waals surface area contributed by atoms with Crippen LogP contribution in [-0.2, 0) is 4.84 Å². The van der Waals surface area contributed by atoms with E-state index in [0.717, 1.165) is 0 Å². The lowest BCUT2D eigenvalue weighted by molar-refractivity contribution is 0.205. The molecule has 1 aliphatic heterocycles. The number of rotatable bonds is 0. The molecule has 0 radical (unpaired) electrons. The molecule has 24 valence electrons. The Bertz CT molecular complexity index is 25.2. The van der Waals surface area contributed by atoms with Gasteiger partial charge in [-0.3, -0.25) is 4.84 Å². The predicted molar refractivity (Wildman–Crippen MR) is 12.0 cm³/mol. The second kappa shape index (κ2) is 0.427. The quantitative estimate of drug-likeness (QED) is 0.290. The van der Waals surface area contributed by atoms with Crippen molar-refractivity contribution in [3.63, 3.8) is 0 Å². The molecule has 0 aromatic carbocycles. The zero-order valence-electron chi connectivity index (χ0n) is 2.14. The average molecular weight is 60.1 g/mol. The van der Waals surface area contributed by atoms with E-state index >= 15 is 0 Å². The van der Waals surface area contributed by atoms with E-state index in [1.54, 1.807) is 0 Å². The summed E-state index contributed by atoms with van der Waals surface area (Å²) in [6.07, 6.45) is 0. The van der Waals surface area contributed by atoms with Gasteiger partial charge in [-0.15, -0.1) is 0 Å². The molecule has 1 unspecified atom stereocenters. The molecule has 3 heteroatoms. The van der Waals surface area contributed by atoms with E-state index in [-0.39, 0.29) is 0 Å². The number of nitrogens with zero attached hydrogens (tertiary/aromatic N) is 1. The first kappa shape index (κ1) is 2.14. The summed E-state index contributed by atoms with van der Waals surface area (Å²) in [5.74, 6) is 4.83. The van der Waals surface area contributed by atoms with Gasteiger partial charge >= 0.3 is 0 Å². The van der Waals surface area contributed by atoms with E-state index in [2.05, 4.69) is 4.84 Å². The van der Waals surface area contributed by atoms with Crippen LogP contribution in [0.4, 0.5) is 0 Å². The Hall–Kier alpha value is -0.120. The van der Waals surface area contributed by atoms with Crippen LogP contribution < -0.4 is 5.84 Å². The first-order valence-electron chi connectivity index (χ1n) is 1.05. The summed E-state index contributed by atoms with van der Waals surface area (Å²) in [5.41, 5.74) is 0. The van der Waals surface area contributed by atoms with Crippen molar-refractivity contribution in [2.75, 3.05) is 6.73 Å². The molecule has 0 amide bonds. The SMILES string of the molecule is NN1CO1. The molecule has 0 spiro atoms. The van der Waals surface area contributed by atoms with Gasteiger partial charge in [0.1, 0.15) is 0 Å². The van der Waals surface area contributed by atoms with Gasteiger partial charge < -0.3 is 0 Å². The molecule has 2 N–H and O–H groups in total. The maximum absolute atomic E-state index is 4.83. The minimum absolute atomic E-state index is 0.597. The van der Waals surface area contributed by atoms with Crippen molar-refractivity contribution in [3.8, 4) is 0 Å². The van der Waals surface area contributed by atoms with Crippen molar-refractivity contribution in [3.05, 3.63) is 0 Å². The molecule has 0 aromatic heterocycles. The second-order valence-electron chi connectivity index (χ2n) is 0.675. The summed E-state index contributed by atoms with van der Waals surface area (Å²) in [5, 5.41) is 1.25. The lowest BCUT2D eigenvalue weighted by Gasteiger charge is -1.62. The average Bonchev–Trinajstić information content (AvgIpc) is 1.75. The molecule has 1 aliphatic rings. The maximum Gasteiger partial charge on any atom is 0.161 e. The van der Waals surface area contributed by atoms with Crippen molar-refractivity contribution < 1.29 is 4.84 Å². The molecule has 0 bridgehead atoms. The first-order valence-corrected chi connectivity index (χ1v) is 1.05. The zero-order valence-corrected chi connectivity index (χ0v) is 2.14. The topological polar surface area (TPSA) is 41.6 Å². The van der Waals surface area contributed by atoms with Crippen LogP contribution in [0, 0.1) is 0 Å². The van der Waals surface area contributed by atoms with E-state index in [1.165, 1.54) is 5.17 Å². The van der Waals surface area contributed by atoms with E-state index < -0.39 is 0 Å². The minimum atomic E-state index is 0.597. The molecular weight excluding hydrogens is 56.0 g/mol. The van der Waals surface area contributed by atoms with Crippen molar-refractivity contribution in [1.82, 2.24) is 5.17 Å². The summed E-state index contributed by atoms with van der Waals surface area (Å²) in [6, 6.07) is 0. The maximum atomic E-state index is 4.83. The molecular formula is CH4N2O. The van der Waals surface area contributed by atoms with Gasteiger partial charge in [-0.25, -0.2) is 5.84 Å². The molecule has 4 heavy (non-hydrogen) atoms. The summed E-state index contributed by atoms with van der Waals surface area (Å²) in [6.45, 7) is 0.597. The molecule has 1 heterocycles. The zero-order chi connectivity index (χ0) is 2.99. The monoisotopic (exact) mass is 60.0 g/mol. The molecule has 0 aliphatic carbocycles. The second-order valence-corrected chi connectivity index (χ2v) is 0.675. The number of hydrogen-bond acceptors (Lipinski definition) is 3. The van der Waals surface area contributed by atoms with Crippen LogP contribution in [0.15, 0.2) is 0 Å². The highest BCUT2D eigenvalue weighted by Gasteiger charge is 2.10. The molecule has 1 rings (SSSR count). The van der Waals surface area contributed by atoms with Crippen LogP contribution >= 0.6 is 0 Å². The Labute approximate surface area is 23.9 Å². The number of hydrogen-bond donors (Lipinski definition) is 1. The third kappa shape index (κ3) is 0.176. The van der Waals surface area contributed by atoms with E-state index in [9.17, 15) is 0 Å². The van der Waals surface area contributed by atoms with E-state index in [4.69, 9.17) is 5.84 Å². The van der Waals surface area contributed by atoms with Crippen molar-refractivity contribution in [2.24, 2.45) is 5.84 Å². The van der Waals surface area contributed by atoms with Gasteiger partial charge in [0.25, 0.3) is 0 Å². The molecule has 3 nitrogen and oxygen atoms in total. The van der Waals surface area contributed by atoms with Crippen LogP contribution in [0.3, 0.4) is 0 Å². The van der Waals surface area contributed by atoms with Gasteiger partial charge in [0.05, 0.1) is 0 Å². The van der Waals surface area contributed by atoms with Crippen molar-refractivity contribution in [1.29, 1.82) is 0 Å². The van der Waals surface area contributed by atoms with Gasteiger partial charge in [-0.2, -0.15) is 0 Å². The summed E-state index contributed by atoms with van der Waals surface area (Å²) < 4.78 is 0. The van der Waals surface area contributed by atoms with Crippen LogP contribution in [0.2, 0.25) is 0 Å². The Morgan fingerprint density at radius 3 is 2.25 bits per heavy atom. The molecule has 0 aromatic rings. The van der Waals surface area contributed by atoms with Crippen LogP contribution in [0.25, 0.3) is 0 Å². The lowest BCUT2D eigenvalue weighted by Crippen LogP contribution is -2.02. The van der Waals surface area contributed by atoms with Crippen molar-refractivity contribution in [2.45, 2.75) is 0 Å².